The summed E-state index contributed by atoms with van der Waals surface area (Å²) in [7, 11) is 0. The number of allylic oxidation sites excluding steroid dienone is 1. The van der Waals surface area contributed by atoms with Crippen LogP contribution >= 0.6 is 0 Å². The Bertz CT molecular complexity index is 214. The Kier molecular flexibility index (Phi) is 7.62. The van der Waals surface area contributed by atoms with Gasteiger partial charge in [0.1, 0.15) is 0 Å². The third kappa shape index (κ3) is 12.7. The molecule has 0 aromatic rings. The molecule has 1 nitrogen and oxygen atoms in total. The molecule has 0 aromatic carbocycles. The van der Waals surface area contributed by atoms with E-state index in [0.717, 1.165) is 0 Å². The van der Waals surface area contributed by atoms with Crippen molar-refractivity contribution in [2.45, 2.75) is 12.8 Å². The molecule has 0 rings (SSSR count). The lowest BCUT2D eigenvalue weighted by Crippen LogP contribution is -2.07. The van der Waals surface area contributed by atoms with Crippen molar-refractivity contribution in [3.05, 3.63) is 24.7 Å². The van der Waals surface area contributed by atoms with Gasteiger partial charge in [-0.3, -0.25) is 0 Å². The molecular formula is C6H4F8O. The smallest absolute Gasteiger partial charge is 0.414 e. The van der Waals surface area contributed by atoms with Crippen LogP contribution in [0.2, 0.25) is 0 Å². The number of alkyl halides is 5. The summed E-state index contributed by atoms with van der Waals surface area (Å²) in [5.41, 5.74) is 0. The van der Waals surface area contributed by atoms with Gasteiger partial charge in [0.05, 0.1) is 6.26 Å². The first-order chi connectivity index (χ1) is 6.61. The van der Waals surface area contributed by atoms with Gasteiger partial charge < -0.3 is 4.74 Å². The summed E-state index contributed by atoms with van der Waals surface area (Å²) in [4.78, 5) is 0. The van der Waals surface area contributed by atoms with Gasteiger partial charge in [-0.05, 0) is 0 Å². The van der Waals surface area contributed by atoms with Gasteiger partial charge in [0.15, 0.2) is 0 Å². The predicted molar refractivity (Wildman–Crippen MR) is 33.7 cm³/mol. The topological polar surface area (TPSA) is 9.23 Å². The number of rotatable bonds is 2. The fraction of sp³-hybridized carbons (Fsp3) is 0.333. The van der Waals surface area contributed by atoms with Gasteiger partial charge in [-0.1, -0.05) is 6.58 Å². The molecular weight excluding hydrogens is 240 g/mol. The Balaban J connectivity index is 0. The zero-order valence-corrected chi connectivity index (χ0v) is 6.79. The lowest BCUT2D eigenvalue weighted by Gasteiger charge is -2.00. The first kappa shape index (κ1) is 16.2. The SMILES string of the molecule is C=COC(F)(F)F.FC(F)=C(F)C(F)F. The van der Waals surface area contributed by atoms with Gasteiger partial charge in [-0.2, -0.15) is 13.2 Å². The number of hydrogen-bond donors (Lipinski definition) is 0. The first-order valence-electron chi connectivity index (χ1n) is 2.96. The maximum atomic E-state index is 11.0. The van der Waals surface area contributed by atoms with Gasteiger partial charge in [-0.25, -0.2) is 8.78 Å². The summed E-state index contributed by atoms with van der Waals surface area (Å²) >= 11 is 0. The van der Waals surface area contributed by atoms with Gasteiger partial charge in [-0.15, -0.1) is 13.2 Å². The highest BCUT2D eigenvalue weighted by Gasteiger charge is 2.28. The standard InChI is InChI=1S/C3HF5.C3H3F3O/c4-1(2(5)6)3(7)8;1-2-7-3(4,5)6/h2H;2H,1H2. The summed E-state index contributed by atoms with van der Waals surface area (Å²) < 4.78 is 89.2. The minimum absolute atomic E-state index is 0.333. The van der Waals surface area contributed by atoms with E-state index in [4.69, 9.17) is 0 Å². The zero-order chi connectivity index (χ0) is 12.6. The van der Waals surface area contributed by atoms with Gasteiger partial charge in [0.25, 0.3) is 6.43 Å². The zero-order valence-electron chi connectivity index (χ0n) is 6.79. The molecule has 0 bridgehead atoms. The Labute approximate surface area is 78.6 Å². The van der Waals surface area contributed by atoms with Crippen molar-refractivity contribution in [2.24, 2.45) is 0 Å². The fourth-order valence-corrected chi connectivity index (χ4v) is 0.177. The van der Waals surface area contributed by atoms with Crippen LogP contribution in [-0.2, 0) is 4.74 Å². The molecule has 90 valence electrons. The van der Waals surface area contributed by atoms with Crippen molar-refractivity contribution in [1.29, 1.82) is 0 Å². The van der Waals surface area contributed by atoms with E-state index in [9.17, 15) is 35.1 Å². The van der Waals surface area contributed by atoms with E-state index in [-0.39, 0.29) is 0 Å². The Hall–Kier alpha value is -1.28. The van der Waals surface area contributed by atoms with Crippen LogP contribution < -0.4 is 0 Å². The Morgan fingerprint density at radius 2 is 1.53 bits per heavy atom. The molecule has 0 saturated carbocycles. The van der Waals surface area contributed by atoms with Crippen LogP contribution in [0.15, 0.2) is 24.7 Å². The van der Waals surface area contributed by atoms with E-state index in [1.54, 1.807) is 0 Å². The average molecular weight is 244 g/mol. The summed E-state index contributed by atoms with van der Waals surface area (Å²) in [6.45, 7) is 2.70. The van der Waals surface area contributed by atoms with Crippen LogP contribution in [-0.4, -0.2) is 12.8 Å². The lowest BCUT2D eigenvalue weighted by atomic mass is 10.6. The van der Waals surface area contributed by atoms with Crippen molar-refractivity contribution >= 4 is 0 Å². The third-order valence-corrected chi connectivity index (χ3v) is 0.589. The van der Waals surface area contributed by atoms with E-state index in [1.165, 1.54) is 0 Å². The molecule has 0 fully saturated rings. The molecule has 0 radical (unpaired) electrons. The monoisotopic (exact) mass is 244 g/mol. The second kappa shape index (κ2) is 7.07. The van der Waals surface area contributed by atoms with E-state index >= 15 is 0 Å². The number of halogens is 8. The van der Waals surface area contributed by atoms with Crippen LogP contribution in [0, 0.1) is 0 Å². The summed E-state index contributed by atoms with van der Waals surface area (Å²) in [5.74, 6) is -2.65. The molecule has 0 N–H and O–H groups in total. The highest BCUT2D eigenvalue weighted by atomic mass is 19.4. The van der Waals surface area contributed by atoms with Crippen LogP contribution in [0.1, 0.15) is 0 Å². The lowest BCUT2D eigenvalue weighted by molar-refractivity contribution is -0.297. The van der Waals surface area contributed by atoms with Crippen molar-refractivity contribution in [2.75, 3.05) is 0 Å². The first-order valence-corrected chi connectivity index (χ1v) is 2.96. The van der Waals surface area contributed by atoms with Crippen LogP contribution in [0.3, 0.4) is 0 Å². The minimum atomic E-state index is -4.57. The molecule has 0 aliphatic carbocycles. The average Bonchev–Trinajstić information content (AvgIpc) is 2.01. The molecule has 0 spiro atoms. The van der Waals surface area contributed by atoms with Crippen molar-refractivity contribution in [3.8, 4) is 0 Å². The summed E-state index contributed by atoms with van der Waals surface area (Å²) in [5, 5.41) is 0. The maximum absolute atomic E-state index is 11.0. The van der Waals surface area contributed by atoms with E-state index in [1.807, 2.05) is 0 Å². The van der Waals surface area contributed by atoms with E-state index < -0.39 is 24.7 Å². The Morgan fingerprint density at radius 1 is 1.13 bits per heavy atom. The second-order valence-corrected chi connectivity index (χ2v) is 1.64. The molecule has 0 aliphatic rings. The van der Waals surface area contributed by atoms with Crippen LogP contribution in [0.25, 0.3) is 0 Å². The number of hydrogen-bond acceptors (Lipinski definition) is 1. The number of ether oxygens (including phenoxy) is 1. The molecule has 15 heavy (non-hydrogen) atoms. The highest BCUT2D eigenvalue weighted by molar-refractivity contribution is 4.93. The van der Waals surface area contributed by atoms with Gasteiger partial charge >= 0.3 is 12.4 Å². The molecule has 0 unspecified atom stereocenters. The maximum Gasteiger partial charge on any atom is 0.572 e. The molecule has 9 heteroatoms. The fourth-order valence-electron chi connectivity index (χ4n) is 0.177. The Morgan fingerprint density at radius 3 is 1.53 bits per heavy atom. The van der Waals surface area contributed by atoms with E-state index in [0.29, 0.717) is 6.26 Å². The van der Waals surface area contributed by atoms with Crippen molar-refractivity contribution < 1.29 is 39.9 Å². The molecule has 0 saturated heterocycles. The normalized spacial score (nSPS) is 10.2. The summed E-state index contributed by atoms with van der Waals surface area (Å²) in [6.07, 6.45) is -10.9. The third-order valence-electron chi connectivity index (χ3n) is 0.589. The van der Waals surface area contributed by atoms with Crippen LogP contribution in [0.5, 0.6) is 0 Å². The molecule has 0 atom stereocenters. The van der Waals surface area contributed by atoms with Crippen LogP contribution in [0.4, 0.5) is 35.1 Å². The second-order valence-electron chi connectivity index (χ2n) is 1.64. The predicted octanol–water partition coefficient (Wildman–Crippen LogP) is 4.00. The van der Waals surface area contributed by atoms with Crippen molar-refractivity contribution in [3.63, 3.8) is 0 Å². The minimum Gasteiger partial charge on any atom is -0.414 e. The largest absolute Gasteiger partial charge is 0.572 e. The van der Waals surface area contributed by atoms with Gasteiger partial charge in [0, 0.05) is 0 Å². The van der Waals surface area contributed by atoms with Gasteiger partial charge in [0.2, 0.25) is 5.83 Å². The highest BCUT2D eigenvalue weighted by Crippen LogP contribution is 2.16. The van der Waals surface area contributed by atoms with Crippen molar-refractivity contribution in [1.82, 2.24) is 0 Å². The molecule has 0 aliphatic heterocycles. The summed E-state index contributed by atoms with van der Waals surface area (Å²) in [6, 6.07) is 0. The van der Waals surface area contributed by atoms with E-state index in [2.05, 4.69) is 11.3 Å². The molecule has 0 aromatic heterocycles. The molecule has 0 heterocycles. The quantitative estimate of drug-likeness (QED) is 0.527. The molecule has 0 amide bonds.